The van der Waals surface area contributed by atoms with Crippen molar-refractivity contribution in [3.63, 3.8) is 0 Å². The molecule has 4 heteroatoms. The van der Waals surface area contributed by atoms with Crippen LogP contribution in [0.3, 0.4) is 0 Å². The second kappa shape index (κ2) is 5.94. The Balaban J connectivity index is 1.90. The molecule has 0 saturated carbocycles. The first-order valence-electron chi connectivity index (χ1n) is 7.72. The van der Waals surface area contributed by atoms with Gasteiger partial charge in [-0.15, -0.1) is 0 Å². The van der Waals surface area contributed by atoms with Crippen molar-refractivity contribution in [2.45, 2.75) is 45.3 Å². The SMILES string of the molecule is CCn1nc(CN2CCCCC2CN)c2ccccc21. The Labute approximate surface area is 120 Å². The van der Waals surface area contributed by atoms with Crippen LogP contribution in [0.15, 0.2) is 24.3 Å². The number of rotatable bonds is 4. The fraction of sp³-hybridized carbons (Fsp3) is 0.562. The first-order chi connectivity index (χ1) is 9.83. The third-order valence-corrected chi connectivity index (χ3v) is 4.41. The molecular weight excluding hydrogens is 248 g/mol. The number of hydrogen-bond donors (Lipinski definition) is 1. The van der Waals surface area contributed by atoms with Crippen molar-refractivity contribution in [3.8, 4) is 0 Å². The van der Waals surface area contributed by atoms with E-state index in [0.29, 0.717) is 6.04 Å². The fourth-order valence-corrected chi connectivity index (χ4v) is 3.28. The van der Waals surface area contributed by atoms with Gasteiger partial charge < -0.3 is 5.73 Å². The van der Waals surface area contributed by atoms with Gasteiger partial charge in [0.15, 0.2) is 0 Å². The largest absolute Gasteiger partial charge is 0.329 e. The maximum atomic E-state index is 5.92. The van der Waals surface area contributed by atoms with Gasteiger partial charge in [0.2, 0.25) is 0 Å². The van der Waals surface area contributed by atoms with E-state index in [1.165, 1.54) is 35.9 Å². The lowest BCUT2D eigenvalue weighted by atomic mass is 10.0. The van der Waals surface area contributed by atoms with Gasteiger partial charge in [0.1, 0.15) is 0 Å². The summed E-state index contributed by atoms with van der Waals surface area (Å²) in [5, 5.41) is 6.09. The molecule has 1 atom stereocenters. The van der Waals surface area contributed by atoms with E-state index < -0.39 is 0 Å². The summed E-state index contributed by atoms with van der Waals surface area (Å²) in [6.45, 7) is 5.89. The van der Waals surface area contributed by atoms with E-state index in [1.54, 1.807) is 0 Å². The minimum absolute atomic E-state index is 0.522. The van der Waals surface area contributed by atoms with E-state index >= 15 is 0 Å². The molecule has 0 aliphatic carbocycles. The van der Waals surface area contributed by atoms with Crippen molar-refractivity contribution < 1.29 is 0 Å². The molecule has 2 aromatic rings. The van der Waals surface area contributed by atoms with Gasteiger partial charge in [-0.05, 0) is 32.4 Å². The van der Waals surface area contributed by atoms with Crippen molar-refractivity contribution >= 4 is 10.9 Å². The van der Waals surface area contributed by atoms with Gasteiger partial charge in [-0.2, -0.15) is 5.10 Å². The van der Waals surface area contributed by atoms with Crippen LogP contribution in [-0.2, 0) is 13.1 Å². The lowest BCUT2D eigenvalue weighted by Gasteiger charge is -2.34. The highest BCUT2D eigenvalue weighted by atomic mass is 15.3. The summed E-state index contributed by atoms with van der Waals surface area (Å²) in [4.78, 5) is 2.51. The number of likely N-dealkylation sites (tertiary alicyclic amines) is 1. The van der Waals surface area contributed by atoms with E-state index in [-0.39, 0.29) is 0 Å². The summed E-state index contributed by atoms with van der Waals surface area (Å²) in [6.07, 6.45) is 3.81. The number of nitrogens with two attached hydrogens (primary N) is 1. The highest BCUT2D eigenvalue weighted by molar-refractivity contribution is 5.81. The third-order valence-electron chi connectivity index (χ3n) is 4.41. The number of hydrogen-bond acceptors (Lipinski definition) is 3. The average molecular weight is 272 g/mol. The Morgan fingerprint density at radius 1 is 1.30 bits per heavy atom. The first-order valence-corrected chi connectivity index (χ1v) is 7.72. The van der Waals surface area contributed by atoms with Gasteiger partial charge >= 0.3 is 0 Å². The molecule has 1 aliphatic heterocycles. The number of nitrogens with zero attached hydrogens (tertiary/aromatic N) is 3. The Morgan fingerprint density at radius 2 is 2.15 bits per heavy atom. The molecular formula is C16H24N4. The molecule has 1 aliphatic rings. The van der Waals surface area contributed by atoms with Gasteiger partial charge in [-0.3, -0.25) is 9.58 Å². The van der Waals surface area contributed by atoms with Crippen LogP contribution >= 0.6 is 0 Å². The Bertz CT molecular complexity index is 575. The maximum absolute atomic E-state index is 5.92. The highest BCUT2D eigenvalue weighted by Gasteiger charge is 2.23. The predicted octanol–water partition coefficient (Wildman–Crippen LogP) is 2.37. The molecule has 2 heterocycles. The number of piperidine rings is 1. The number of fused-ring (bicyclic) bond motifs is 1. The van der Waals surface area contributed by atoms with Crippen molar-refractivity contribution in [2.24, 2.45) is 5.73 Å². The highest BCUT2D eigenvalue weighted by Crippen LogP contribution is 2.23. The summed E-state index contributed by atoms with van der Waals surface area (Å²) >= 11 is 0. The molecule has 20 heavy (non-hydrogen) atoms. The fourth-order valence-electron chi connectivity index (χ4n) is 3.28. The Hall–Kier alpha value is -1.39. The van der Waals surface area contributed by atoms with Crippen LogP contribution in [0.4, 0.5) is 0 Å². The topological polar surface area (TPSA) is 47.1 Å². The molecule has 0 amide bonds. The summed E-state index contributed by atoms with van der Waals surface area (Å²) in [5.74, 6) is 0. The van der Waals surface area contributed by atoms with Crippen molar-refractivity contribution in [1.82, 2.24) is 14.7 Å². The van der Waals surface area contributed by atoms with Crippen LogP contribution in [0.5, 0.6) is 0 Å². The second-order valence-electron chi connectivity index (χ2n) is 5.64. The summed E-state index contributed by atoms with van der Waals surface area (Å²) in [7, 11) is 0. The molecule has 2 N–H and O–H groups in total. The molecule has 1 aromatic carbocycles. The van der Waals surface area contributed by atoms with Gasteiger partial charge in [0.05, 0.1) is 11.2 Å². The number of aryl methyl sites for hydroxylation is 1. The summed E-state index contributed by atoms with van der Waals surface area (Å²) < 4.78 is 2.10. The molecule has 3 rings (SSSR count). The van der Waals surface area contributed by atoms with E-state index in [9.17, 15) is 0 Å². The lowest BCUT2D eigenvalue weighted by molar-refractivity contribution is 0.143. The Morgan fingerprint density at radius 3 is 2.95 bits per heavy atom. The standard InChI is InChI=1S/C16H24N4/c1-2-20-16-9-4-3-8-14(16)15(18-20)12-19-10-6-5-7-13(19)11-17/h3-4,8-9,13H,2,5-7,10-12,17H2,1H3. The van der Waals surface area contributed by atoms with Gasteiger partial charge in [0.25, 0.3) is 0 Å². The minimum Gasteiger partial charge on any atom is -0.329 e. The van der Waals surface area contributed by atoms with Crippen LogP contribution in [0, 0.1) is 0 Å². The Kier molecular flexibility index (Phi) is 4.03. The average Bonchev–Trinajstić information content (AvgIpc) is 2.86. The van der Waals surface area contributed by atoms with E-state index in [1.807, 2.05) is 0 Å². The van der Waals surface area contributed by atoms with Crippen LogP contribution in [0.1, 0.15) is 31.9 Å². The lowest BCUT2D eigenvalue weighted by Crippen LogP contribution is -2.43. The second-order valence-corrected chi connectivity index (χ2v) is 5.64. The molecule has 0 bridgehead atoms. The van der Waals surface area contributed by atoms with E-state index in [0.717, 1.165) is 26.2 Å². The quantitative estimate of drug-likeness (QED) is 0.929. The molecule has 0 spiro atoms. The number of aromatic nitrogens is 2. The molecule has 1 unspecified atom stereocenters. The van der Waals surface area contributed by atoms with Crippen LogP contribution in [-0.4, -0.2) is 33.8 Å². The number of para-hydroxylation sites is 1. The molecule has 1 fully saturated rings. The number of benzene rings is 1. The molecule has 4 nitrogen and oxygen atoms in total. The minimum atomic E-state index is 0.522. The molecule has 1 saturated heterocycles. The van der Waals surface area contributed by atoms with Crippen molar-refractivity contribution in [1.29, 1.82) is 0 Å². The zero-order chi connectivity index (χ0) is 13.9. The smallest absolute Gasteiger partial charge is 0.0843 e. The zero-order valence-corrected chi connectivity index (χ0v) is 12.3. The van der Waals surface area contributed by atoms with E-state index in [4.69, 9.17) is 10.8 Å². The monoisotopic (exact) mass is 272 g/mol. The van der Waals surface area contributed by atoms with Crippen molar-refractivity contribution in [2.75, 3.05) is 13.1 Å². The summed E-state index contributed by atoms with van der Waals surface area (Å²) in [5.41, 5.74) is 8.36. The zero-order valence-electron chi connectivity index (χ0n) is 12.3. The van der Waals surface area contributed by atoms with Crippen LogP contribution in [0.2, 0.25) is 0 Å². The van der Waals surface area contributed by atoms with Crippen LogP contribution in [0.25, 0.3) is 10.9 Å². The van der Waals surface area contributed by atoms with Crippen molar-refractivity contribution in [3.05, 3.63) is 30.0 Å². The maximum Gasteiger partial charge on any atom is 0.0843 e. The molecule has 0 radical (unpaired) electrons. The molecule has 1 aromatic heterocycles. The van der Waals surface area contributed by atoms with Gasteiger partial charge in [0, 0.05) is 31.1 Å². The summed E-state index contributed by atoms with van der Waals surface area (Å²) in [6, 6.07) is 9.06. The first kappa shape index (κ1) is 13.6. The third kappa shape index (κ3) is 2.45. The van der Waals surface area contributed by atoms with Crippen LogP contribution < -0.4 is 5.73 Å². The molecule has 108 valence electrons. The van der Waals surface area contributed by atoms with Gasteiger partial charge in [-0.25, -0.2) is 0 Å². The van der Waals surface area contributed by atoms with E-state index in [2.05, 4.69) is 40.8 Å². The predicted molar refractivity (Wildman–Crippen MR) is 82.5 cm³/mol. The van der Waals surface area contributed by atoms with Gasteiger partial charge in [-0.1, -0.05) is 24.6 Å². The normalized spacial score (nSPS) is 20.6.